The number of carbonyl (C=O) groups is 1. The molecule has 1 aromatic heterocycles. The van der Waals surface area contributed by atoms with Gasteiger partial charge in [-0.15, -0.1) is 0 Å². The molecule has 0 spiro atoms. The van der Waals surface area contributed by atoms with E-state index in [0.29, 0.717) is 5.52 Å². The van der Waals surface area contributed by atoms with Gasteiger partial charge in [0.1, 0.15) is 0 Å². The molecule has 0 aliphatic rings. The van der Waals surface area contributed by atoms with Crippen molar-refractivity contribution in [3.63, 3.8) is 0 Å². The predicted octanol–water partition coefficient (Wildman–Crippen LogP) is 3.10. The number of hydrogen-bond donors (Lipinski definition) is 1. The van der Waals surface area contributed by atoms with E-state index < -0.39 is 29.0 Å². The molecule has 24 heavy (non-hydrogen) atoms. The molecule has 0 aliphatic heterocycles. The van der Waals surface area contributed by atoms with E-state index in [0.717, 1.165) is 28.8 Å². The Morgan fingerprint density at radius 3 is 2.25 bits per heavy atom. The number of nitrogens with zero attached hydrogens (tertiary/aromatic N) is 2. The van der Waals surface area contributed by atoms with Gasteiger partial charge < -0.3 is 5.11 Å². The molecule has 5 nitrogen and oxygen atoms in total. The van der Waals surface area contributed by atoms with E-state index in [-0.39, 0.29) is 11.2 Å². The molecule has 0 atom stereocenters. The lowest BCUT2D eigenvalue weighted by atomic mass is 10.2. The van der Waals surface area contributed by atoms with Crippen LogP contribution >= 0.6 is 0 Å². The Labute approximate surface area is 132 Å². The fourth-order valence-corrected chi connectivity index (χ4v) is 2.33. The highest BCUT2D eigenvalue weighted by Gasteiger charge is 2.30. The molecule has 0 bridgehead atoms. The highest BCUT2D eigenvalue weighted by atomic mass is 19.4. The van der Waals surface area contributed by atoms with Gasteiger partial charge in [-0.25, -0.2) is 9.78 Å². The van der Waals surface area contributed by atoms with Crippen LogP contribution in [0, 0.1) is 0 Å². The van der Waals surface area contributed by atoms with E-state index in [4.69, 9.17) is 5.11 Å². The summed E-state index contributed by atoms with van der Waals surface area (Å²) in [5.41, 5.74) is -1.82. The Bertz CT molecular complexity index is 992. The van der Waals surface area contributed by atoms with Crippen molar-refractivity contribution in [3.8, 4) is 5.69 Å². The molecule has 0 saturated carbocycles. The predicted molar refractivity (Wildman–Crippen MR) is 79.3 cm³/mol. The molecule has 0 saturated heterocycles. The average molecular weight is 334 g/mol. The lowest BCUT2D eigenvalue weighted by Gasteiger charge is -2.12. The third-order valence-corrected chi connectivity index (χ3v) is 3.42. The van der Waals surface area contributed by atoms with Gasteiger partial charge in [-0.3, -0.25) is 9.36 Å². The largest absolute Gasteiger partial charge is 0.476 e. The quantitative estimate of drug-likeness (QED) is 0.782. The zero-order valence-electron chi connectivity index (χ0n) is 11.9. The van der Waals surface area contributed by atoms with Crippen LogP contribution in [0.2, 0.25) is 0 Å². The van der Waals surface area contributed by atoms with Gasteiger partial charge >= 0.3 is 12.1 Å². The molecule has 3 aromatic rings. The number of alkyl halides is 3. The van der Waals surface area contributed by atoms with Gasteiger partial charge in [0.25, 0.3) is 5.56 Å². The molecule has 3 rings (SSSR count). The topological polar surface area (TPSA) is 72.2 Å². The SMILES string of the molecule is O=C(O)c1nc2ccccc2n(-c2ccc(C(F)(F)F)cc2)c1=O. The Kier molecular flexibility index (Phi) is 3.59. The Morgan fingerprint density at radius 1 is 1.04 bits per heavy atom. The maximum atomic E-state index is 12.7. The summed E-state index contributed by atoms with van der Waals surface area (Å²) in [7, 11) is 0. The Balaban J connectivity index is 2.31. The first-order valence-electron chi connectivity index (χ1n) is 6.72. The van der Waals surface area contributed by atoms with E-state index >= 15 is 0 Å². The number of halogens is 3. The molecule has 1 N–H and O–H groups in total. The lowest BCUT2D eigenvalue weighted by molar-refractivity contribution is -0.137. The first kappa shape index (κ1) is 15.7. The first-order chi connectivity index (χ1) is 11.3. The second-order valence-electron chi connectivity index (χ2n) is 4.94. The van der Waals surface area contributed by atoms with Gasteiger partial charge in [0.15, 0.2) is 0 Å². The number of benzene rings is 2. The van der Waals surface area contributed by atoms with Crippen LogP contribution in [0.1, 0.15) is 16.1 Å². The average Bonchev–Trinajstić information content (AvgIpc) is 2.53. The number of carboxylic acids is 1. The minimum Gasteiger partial charge on any atom is -0.476 e. The highest BCUT2D eigenvalue weighted by molar-refractivity contribution is 5.88. The summed E-state index contributed by atoms with van der Waals surface area (Å²) in [5.74, 6) is -1.51. The number of rotatable bonds is 2. The highest BCUT2D eigenvalue weighted by Crippen LogP contribution is 2.29. The molecule has 0 aliphatic carbocycles. The minimum atomic E-state index is -4.50. The summed E-state index contributed by atoms with van der Waals surface area (Å²) < 4.78 is 39.0. The summed E-state index contributed by atoms with van der Waals surface area (Å²) in [4.78, 5) is 27.4. The number of para-hydroxylation sites is 2. The monoisotopic (exact) mass is 334 g/mol. The van der Waals surface area contributed by atoms with Crippen molar-refractivity contribution in [1.29, 1.82) is 0 Å². The zero-order chi connectivity index (χ0) is 17.5. The van der Waals surface area contributed by atoms with Crippen molar-refractivity contribution >= 4 is 17.0 Å². The normalized spacial score (nSPS) is 11.6. The van der Waals surface area contributed by atoms with Crippen LogP contribution < -0.4 is 5.56 Å². The summed E-state index contributed by atoms with van der Waals surface area (Å²) >= 11 is 0. The summed E-state index contributed by atoms with van der Waals surface area (Å²) in [5, 5.41) is 9.12. The van der Waals surface area contributed by atoms with E-state index in [9.17, 15) is 22.8 Å². The second kappa shape index (κ2) is 5.48. The van der Waals surface area contributed by atoms with Crippen molar-refractivity contribution in [2.75, 3.05) is 0 Å². The molecule has 122 valence electrons. The van der Waals surface area contributed by atoms with Gasteiger partial charge in [0.2, 0.25) is 5.69 Å². The molecular formula is C16H9F3N2O3. The number of aromatic nitrogens is 2. The number of fused-ring (bicyclic) bond motifs is 1. The smallest absolute Gasteiger partial charge is 0.416 e. The Morgan fingerprint density at radius 2 is 1.67 bits per heavy atom. The molecular weight excluding hydrogens is 325 g/mol. The molecule has 2 aromatic carbocycles. The molecule has 0 fully saturated rings. The van der Waals surface area contributed by atoms with E-state index in [1.807, 2.05) is 0 Å². The van der Waals surface area contributed by atoms with Crippen molar-refractivity contribution in [2.24, 2.45) is 0 Å². The summed E-state index contributed by atoms with van der Waals surface area (Å²) in [6, 6.07) is 10.2. The fraction of sp³-hybridized carbons (Fsp3) is 0.0625. The van der Waals surface area contributed by atoms with Gasteiger partial charge in [-0.05, 0) is 36.4 Å². The lowest BCUT2D eigenvalue weighted by Crippen LogP contribution is -2.27. The van der Waals surface area contributed by atoms with Crippen molar-refractivity contribution in [3.05, 3.63) is 70.1 Å². The molecule has 8 heteroatoms. The second-order valence-corrected chi connectivity index (χ2v) is 4.94. The summed E-state index contributed by atoms with van der Waals surface area (Å²) in [6.45, 7) is 0. The standard InChI is InChI=1S/C16H9F3N2O3/c17-16(18,19)9-5-7-10(8-6-9)21-12-4-2-1-3-11(12)20-13(14(21)22)15(23)24/h1-8H,(H,23,24). The van der Waals surface area contributed by atoms with Crippen LogP contribution in [-0.2, 0) is 6.18 Å². The van der Waals surface area contributed by atoms with E-state index in [1.54, 1.807) is 12.1 Å². The molecule has 1 heterocycles. The van der Waals surface area contributed by atoms with Crippen LogP contribution in [0.4, 0.5) is 13.2 Å². The summed E-state index contributed by atoms with van der Waals surface area (Å²) in [6.07, 6.45) is -4.50. The molecule has 0 radical (unpaired) electrons. The maximum absolute atomic E-state index is 12.7. The van der Waals surface area contributed by atoms with Gasteiger partial charge in [-0.2, -0.15) is 13.2 Å². The van der Waals surface area contributed by atoms with E-state index in [1.165, 1.54) is 12.1 Å². The zero-order valence-corrected chi connectivity index (χ0v) is 11.9. The van der Waals surface area contributed by atoms with Crippen molar-refractivity contribution in [2.45, 2.75) is 6.18 Å². The van der Waals surface area contributed by atoms with Crippen molar-refractivity contribution in [1.82, 2.24) is 9.55 Å². The Hall–Kier alpha value is -3.16. The van der Waals surface area contributed by atoms with Crippen molar-refractivity contribution < 1.29 is 23.1 Å². The van der Waals surface area contributed by atoms with Crippen LogP contribution in [0.25, 0.3) is 16.7 Å². The maximum Gasteiger partial charge on any atom is 0.416 e. The van der Waals surface area contributed by atoms with Crippen LogP contribution in [-0.4, -0.2) is 20.6 Å². The third-order valence-electron chi connectivity index (χ3n) is 3.42. The number of aromatic carboxylic acids is 1. The first-order valence-corrected chi connectivity index (χ1v) is 6.72. The van der Waals surface area contributed by atoms with Crippen LogP contribution in [0.5, 0.6) is 0 Å². The third kappa shape index (κ3) is 2.62. The fourth-order valence-electron chi connectivity index (χ4n) is 2.33. The van der Waals surface area contributed by atoms with Gasteiger partial charge in [0.05, 0.1) is 16.6 Å². The van der Waals surface area contributed by atoms with Crippen LogP contribution in [0.15, 0.2) is 53.3 Å². The number of carboxylic acid groups (broad SMARTS) is 1. The van der Waals surface area contributed by atoms with E-state index in [2.05, 4.69) is 4.98 Å². The minimum absolute atomic E-state index is 0.120. The van der Waals surface area contributed by atoms with Gasteiger partial charge in [0, 0.05) is 5.69 Å². The molecule has 0 amide bonds. The van der Waals surface area contributed by atoms with Gasteiger partial charge in [-0.1, -0.05) is 12.1 Å². The molecule has 0 unspecified atom stereocenters. The number of hydrogen-bond acceptors (Lipinski definition) is 3. The van der Waals surface area contributed by atoms with Crippen LogP contribution in [0.3, 0.4) is 0 Å².